The fourth-order valence-corrected chi connectivity index (χ4v) is 4.86. The summed E-state index contributed by atoms with van der Waals surface area (Å²) < 4.78 is 0. The molecule has 32 heavy (non-hydrogen) atoms. The molecule has 0 atom stereocenters. The summed E-state index contributed by atoms with van der Waals surface area (Å²) in [5.41, 5.74) is 4.84. The van der Waals surface area contributed by atoms with Gasteiger partial charge in [-0.25, -0.2) is 9.97 Å². The number of carbonyl (C=O) groups excluding carboxylic acids is 1. The van der Waals surface area contributed by atoms with Crippen LogP contribution in [0.2, 0.25) is 0 Å². The molecule has 0 spiro atoms. The van der Waals surface area contributed by atoms with E-state index in [4.69, 9.17) is 9.97 Å². The van der Waals surface area contributed by atoms with E-state index in [0.29, 0.717) is 6.54 Å². The molecular formula is C27H30N4O. The first kappa shape index (κ1) is 20.7. The Morgan fingerprint density at radius 3 is 2.41 bits per heavy atom. The van der Waals surface area contributed by atoms with Crippen molar-refractivity contribution in [1.82, 2.24) is 15.3 Å². The van der Waals surface area contributed by atoms with E-state index in [0.717, 1.165) is 68.8 Å². The number of benzene rings is 2. The van der Waals surface area contributed by atoms with Crippen molar-refractivity contribution in [3.63, 3.8) is 0 Å². The molecule has 5 heteroatoms. The van der Waals surface area contributed by atoms with E-state index in [-0.39, 0.29) is 11.8 Å². The Kier molecular flexibility index (Phi) is 6.15. The van der Waals surface area contributed by atoms with Gasteiger partial charge in [-0.05, 0) is 44.1 Å². The predicted octanol–water partition coefficient (Wildman–Crippen LogP) is 4.21. The molecule has 2 aromatic carbocycles. The average molecular weight is 427 g/mol. The molecule has 1 amide bonds. The van der Waals surface area contributed by atoms with E-state index in [1.807, 2.05) is 36.4 Å². The van der Waals surface area contributed by atoms with Crippen LogP contribution in [0.3, 0.4) is 0 Å². The van der Waals surface area contributed by atoms with Gasteiger partial charge in [-0.1, -0.05) is 60.7 Å². The van der Waals surface area contributed by atoms with Crippen molar-refractivity contribution >= 4 is 11.7 Å². The molecule has 3 aromatic rings. The van der Waals surface area contributed by atoms with Crippen molar-refractivity contribution in [3.8, 4) is 11.4 Å². The lowest BCUT2D eigenvalue weighted by molar-refractivity contribution is -0.125. The Labute approximate surface area is 189 Å². The number of rotatable bonds is 6. The van der Waals surface area contributed by atoms with Gasteiger partial charge in [0.25, 0.3) is 0 Å². The number of nitrogens with zero attached hydrogens (tertiary/aromatic N) is 3. The Morgan fingerprint density at radius 1 is 0.938 bits per heavy atom. The predicted molar refractivity (Wildman–Crippen MR) is 128 cm³/mol. The van der Waals surface area contributed by atoms with Crippen LogP contribution in [0.15, 0.2) is 60.7 Å². The highest BCUT2D eigenvalue weighted by molar-refractivity contribution is 5.79. The monoisotopic (exact) mass is 426 g/mol. The van der Waals surface area contributed by atoms with Crippen LogP contribution in [0.5, 0.6) is 0 Å². The second-order valence-corrected chi connectivity index (χ2v) is 8.80. The zero-order valence-corrected chi connectivity index (χ0v) is 18.5. The number of hydrogen-bond acceptors (Lipinski definition) is 4. The van der Waals surface area contributed by atoms with Gasteiger partial charge in [-0.3, -0.25) is 4.79 Å². The maximum Gasteiger partial charge on any atom is 0.223 e. The molecule has 2 heterocycles. The lowest BCUT2D eigenvalue weighted by Crippen LogP contribution is -2.41. The van der Waals surface area contributed by atoms with Gasteiger partial charge >= 0.3 is 0 Å². The molecule has 5 nitrogen and oxygen atoms in total. The Hall–Kier alpha value is -3.21. The van der Waals surface area contributed by atoms with Crippen LogP contribution < -0.4 is 10.2 Å². The van der Waals surface area contributed by atoms with Crippen molar-refractivity contribution in [1.29, 1.82) is 0 Å². The van der Waals surface area contributed by atoms with Gasteiger partial charge in [0.15, 0.2) is 5.82 Å². The molecule has 0 bridgehead atoms. The molecular weight excluding hydrogens is 396 g/mol. The zero-order chi connectivity index (χ0) is 21.8. The summed E-state index contributed by atoms with van der Waals surface area (Å²) >= 11 is 0. The number of anilines is 1. The molecule has 1 N–H and O–H groups in total. The molecule has 1 saturated heterocycles. The third-order valence-corrected chi connectivity index (χ3v) is 6.66. The summed E-state index contributed by atoms with van der Waals surface area (Å²) in [6.07, 6.45) is 5.86. The number of aromatic nitrogens is 2. The number of nitrogens with one attached hydrogen (secondary N) is 1. The minimum Gasteiger partial charge on any atom is -0.356 e. The summed E-state index contributed by atoms with van der Waals surface area (Å²) in [4.78, 5) is 25.0. The fraction of sp³-hybridized carbons (Fsp3) is 0.370. The van der Waals surface area contributed by atoms with Crippen LogP contribution in [0.4, 0.5) is 5.82 Å². The van der Waals surface area contributed by atoms with Crippen LogP contribution in [0, 0.1) is 5.92 Å². The van der Waals surface area contributed by atoms with Gasteiger partial charge in [0.1, 0.15) is 5.82 Å². The number of aryl methyl sites for hydroxylation is 1. The smallest absolute Gasteiger partial charge is 0.223 e. The lowest BCUT2D eigenvalue weighted by Gasteiger charge is -2.33. The largest absolute Gasteiger partial charge is 0.356 e. The molecule has 5 rings (SSSR count). The average Bonchev–Trinajstić information content (AvgIpc) is 3.34. The first-order valence-corrected chi connectivity index (χ1v) is 11.8. The van der Waals surface area contributed by atoms with E-state index in [1.54, 1.807) is 0 Å². The number of piperidine rings is 1. The summed E-state index contributed by atoms with van der Waals surface area (Å²) in [6.45, 7) is 2.44. The SMILES string of the molecule is O=C(NCCc1ccccc1)C1CCN(c2nc(-c3ccccc3)nc3c2CCC3)CC1. The highest BCUT2D eigenvalue weighted by Gasteiger charge is 2.29. The van der Waals surface area contributed by atoms with Gasteiger partial charge in [-0.2, -0.15) is 0 Å². The van der Waals surface area contributed by atoms with Crippen molar-refractivity contribution < 1.29 is 4.79 Å². The number of amides is 1. The van der Waals surface area contributed by atoms with Crippen LogP contribution >= 0.6 is 0 Å². The molecule has 1 aliphatic heterocycles. The minimum atomic E-state index is 0.0884. The lowest BCUT2D eigenvalue weighted by atomic mass is 9.95. The van der Waals surface area contributed by atoms with E-state index >= 15 is 0 Å². The van der Waals surface area contributed by atoms with Crippen LogP contribution in [-0.2, 0) is 24.1 Å². The van der Waals surface area contributed by atoms with Crippen LogP contribution in [0.25, 0.3) is 11.4 Å². The number of carbonyl (C=O) groups is 1. The number of fused-ring (bicyclic) bond motifs is 1. The van der Waals surface area contributed by atoms with Crippen molar-refractivity contribution in [2.75, 3.05) is 24.5 Å². The zero-order valence-electron chi connectivity index (χ0n) is 18.5. The van der Waals surface area contributed by atoms with E-state index in [9.17, 15) is 4.79 Å². The summed E-state index contributed by atoms with van der Waals surface area (Å²) in [5, 5.41) is 3.14. The maximum absolute atomic E-state index is 12.7. The molecule has 1 fully saturated rings. The second kappa shape index (κ2) is 9.51. The van der Waals surface area contributed by atoms with Crippen molar-refractivity contribution in [3.05, 3.63) is 77.5 Å². The first-order chi connectivity index (χ1) is 15.8. The quantitative estimate of drug-likeness (QED) is 0.642. The number of hydrogen-bond donors (Lipinski definition) is 1. The van der Waals surface area contributed by atoms with Crippen LogP contribution in [0.1, 0.15) is 36.1 Å². The molecule has 164 valence electrons. The van der Waals surface area contributed by atoms with Gasteiger partial charge in [0, 0.05) is 42.4 Å². The second-order valence-electron chi connectivity index (χ2n) is 8.80. The molecule has 0 saturated carbocycles. The third kappa shape index (κ3) is 4.52. The van der Waals surface area contributed by atoms with E-state index in [1.165, 1.54) is 16.8 Å². The summed E-state index contributed by atoms with van der Waals surface area (Å²) in [5.74, 6) is 2.19. The summed E-state index contributed by atoms with van der Waals surface area (Å²) in [6, 6.07) is 20.6. The van der Waals surface area contributed by atoms with Gasteiger partial charge < -0.3 is 10.2 Å². The first-order valence-electron chi connectivity index (χ1n) is 11.8. The van der Waals surface area contributed by atoms with E-state index in [2.05, 4.69) is 34.5 Å². The van der Waals surface area contributed by atoms with E-state index < -0.39 is 0 Å². The topological polar surface area (TPSA) is 58.1 Å². The fourth-order valence-electron chi connectivity index (χ4n) is 4.86. The van der Waals surface area contributed by atoms with Crippen molar-refractivity contribution in [2.45, 2.75) is 38.5 Å². The van der Waals surface area contributed by atoms with Gasteiger partial charge in [0.2, 0.25) is 5.91 Å². The molecule has 1 aliphatic carbocycles. The van der Waals surface area contributed by atoms with Gasteiger partial charge in [0.05, 0.1) is 0 Å². The Morgan fingerprint density at radius 2 is 1.66 bits per heavy atom. The normalized spacial score (nSPS) is 16.1. The minimum absolute atomic E-state index is 0.0884. The third-order valence-electron chi connectivity index (χ3n) is 6.66. The molecule has 1 aromatic heterocycles. The maximum atomic E-state index is 12.7. The van der Waals surface area contributed by atoms with Crippen molar-refractivity contribution in [2.24, 2.45) is 5.92 Å². The standard InChI is InChI=1S/C27H30N4O/c32-27(28-17-14-20-8-3-1-4-9-20)22-15-18-31(19-16-22)26-23-12-7-13-24(23)29-25(30-26)21-10-5-2-6-11-21/h1-6,8-11,22H,7,12-19H2,(H,28,32). The molecule has 2 aliphatic rings. The van der Waals surface area contributed by atoms with Crippen LogP contribution in [-0.4, -0.2) is 35.5 Å². The van der Waals surface area contributed by atoms with Gasteiger partial charge in [-0.15, -0.1) is 0 Å². The summed E-state index contributed by atoms with van der Waals surface area (Å²) in [7, 11) is 0. The Bertz CT molecular complexity index is 1060. The highest BCUT2D eigenvalue weighted by Crippen LogP contribution is 2.33. The highest BCUT2D eigenvalue weighted by atomic mass is 16.1. The molecule has 0 unspecified atom stereocenters. The molecule has 0 radical (unpaired) electrons. The Balaban J connectivity index is 1.22.